The van der Waals surface area contributed by atoms with Gasteiger partial charge in [0, 0.05) is 31.5 Å². The van der Waals surface area contributed by atoms with Crippen molar-refractivity contribution >= 4 is 0 Å². The first-order valence-corrected chi connectivity index (χ1v) is 7.79. The van der Waals surface area contributed by atoms with Crippen LogP contribution in [0.25, 0.3) is 0 Å². The summed E-state index contributed by atoms with van der Waals surface area (Å²) >= 11 is 0. The van der Waals surface area contributed by atoms with Gasteiger partial charge in [0.2, 0.25) is 0 Å². The SMILES string of the molecule is c1ccc(CC2CN(Cc3cccnc3)CCCN2)cc1. The zero-order chi connectivity index (χ0) is 14.3. The molecule has 0 amide bonds. The smallest absolute Gasteiger partial charge is 0.0312 e. The van der Waals surface area contributed by atoms with Gasteiger partial charge in [0.1, 0.15) is 0 Å². The summed E-state index contributed by atoms with van der Waals surface area (Å²) in [6.45, 7) is 4.37. The van der Waals surface area contributed by atoms with Crippen LogP contribution in [-0.4, -0.2) is 35.6 Å². The number of benzene rings is 1. The Morgan fingerprint density at radius 2 is 1.95 bits per heavy atom. The Labute approximate surface area is 127 Å². The molecule has 0 aliphatic carbocycles. The number of hydrogen-bond donors (Lipinski definition) is 1. The fourth-order valence-electron chi connectivity index (χ4n) is 3.01. The molecule has 1 unspecified atom stereocenters. The highest BCUT2D eigenvalue weighted by molar-refractivity contribution is 5.16. The van der Waals surface area contributed by atoms with Crippen molar-refractivity contribution in [2.24, 2.45) is 0 Å². The summed E-state index contributed by atoms with van der Waals surface area (Å²) in [6.07, 6.45) is 6.13. The predicted molar refractivity (Wildman–Crippen MR) is 86.1 cm³/mol. The summed E-state index contributed by atoms with van der Waals surface area (Å²) in [5, 5.41) is 3.69. The van der Waals surface area contributed by atoms with Gasteiger partial charge >= 0.3 is 0 Å². The number of pyridine rings is 1. The number of rotatable bonds is 4. The van der Waals surface area contributed by atoms with Crippen molar-refractivity contribution < 1.29 is 0 Å². The molecule has 1 N–H and O–H groups in total. The molecule has 110 valence electrons. The highest BCUT2D eigenvalue weighted by atomic mass is 15.2. The number of hydrogen-bond acceptors (Lipinski definition) is 3. The molecule has 1 fully saturated rings. The average molecular weight is 281 g/mol. The first-order valence-electron chi connectivity index (χ1n) is 7.79. The van der Waals surface area contributed by atoms with Crippen LogP contribution in [0, 0.1) is 0 Å². The van der Waals surface area contributed by atoms with Crippen molar-refractivity contribution in [1.29, 1.82) is 0 Å². The summed E-state index contributed by atoms with van der Waals surface area (Å²) < 4.78 is 0. The van der Waals surface area contributed by atoms with E-state index in [1.165, 1.54) is 17.5 Å². The second-order valence-corrected chi connectivity index (χ2v) is 5.79. The normalized spacial score (nSPS) is 20.1. The zero-order valence-electron chi connectivity index (χ0n) is 12.4. The molecule has 1 aliphatic heterocycles. The standard InChI is InChI=1S/C18H23N3/c1-2-6-16(7-3-1)12-18-15-21(11-5-10-20-18)14-17-8-4-9-19-13-17/h1-4,6-9,13,18,20H,5,10-12,14-15H2. The quantitative estimate of drug-likeness (QED) is 0.933. The molecule has 2 aromatic rings. The first kappa shape index (κ1) is 14.2. The third-order valence-electron chi connectivity index (χ3n) is 4.02. The van der Waals surface area contributed by atoms with E-state index < -0.39 is 0 Å². The molecule has 3 heteroatoms. The molecule has 3 rings (SSSR count). The van der Waals surface area contributed by atoms with Gasteiger partial charge in [0.25, 0.3) is 0 Å². The molecule has 1 saturated heterocycles. The molecule has 1 aromatic carbocycles. The second-order valence-electron chi connectivity index (χ2n) is 5.79. The highest BCUT2D eigenvalue weighted by Crippen LogP contribution is 2.11. The molecular weight excluding hydrogens is 258 g/mol. The van der Waals surface area contributed by atoms with Crippen molar-refractivity contribution in [3.63, 3.8) is 0 Å². The van der Waals surface area contributed by atoms with Gasteiger partial charge in [0.15, 0.2) is 0 Å². The summed E-state index contributed by atoms with van der Waals surface area (Å²) in [5.74, 6) is 0. The Bertz CT molecular complexity index is 477. The molecule has 21 heavy (non-hydrogen) atoms. The molecule has 0 radical (unpaired) electrons. The van der Waals surface area contributed by atoms with E-state index >= 15 is 0 Å². The monoisotopic (exact) mass is 281 g/mol. The van der Waals surface area contributed by atoms with Crippen LogP contribution in [0.2, 0.25) is 0 Å². The van der Waals surface area contributed by atoms with Crippen LogP contribution in [0.1, 0.15) is 17.5 Å². The Balaban J connectivity index is 1.61. The Kier molecular flexibility index (Phi) is 4.98. The number of nitrogens with zero attached hydrogens (tertiary/aromatic N) is 2. The van der Waals surface area contributed by atoms with Gasteiger partial charge in [-0.15, -0.1) is 0 Å². The largest absolute Gasteiger partial charge is 0.312 e. The predicted octanol–water partition coefficient (Wildman–Crippen LogP) is 2.49. The Morgan fingerprint density at radius 3 is 2.76 bits per heavy atom. The fourth-order valence-corrected chi connectivity index (χ4v) is 3.01. The van der Waals surface area contributed by atoms with Crippen molar-refractivity contribution in [3.05, 3.63) is 66.0 Å². The molecule has 1 aliphatic rings. The van der Waals surface area contributed by atoms with Crippen molar-refractivity contribution in [3.8, 4) is 0 Å². The van der Waals surface area contributed by atoms with E-state index in [4.69, 9.17) is 0 Å². The van der Waals surface area contributed by atoms with Gasteiger partial charge < -0.3 is 5.32 Å². The molecule has 0 bridgehead atoms. The van der Waals surface area contributed by atoms with Crippen molar-refractivity contribution in [2.45, 2.75) is 25.4 Å². The maximum atomic E-state index is 4.22. The Morgan fingerprint density at radius 1 is 1.10 bits per heavy atom. The lowest BCUT2D eigenvalue weighted by atomic mass is 10.1. The van der Waals surface area contributed by atoms with Gasteiger partial charge in [-0.25, -0.2) is 0 Å². The third kappa shape index (κ3) is 4.38. The number of nitrogens with one attached hydrogen (secondary N) is 1. The molecule has 3 nitrogen and oxygen atoms in total. The van der Waals surface area contributed by atoms with Crippen LogP contribution >= 0.6 is 0 Å². The lowest BCUT2D eigenvalue weighted by Crippen LogP contribution is -2.39. The molecule has 0 saturated carbocycles. The summed E-state index contributed by atoms with van der Waals surface area (Å²) in [6, 6.07) is 15.5. The van der Waals surface area contributed by atoms with E-state index in [0.717, 1.165) is 32.6 Å². The van der Waals surface area contributed by atoms with Crippen molar-refractivity contribution in [1.82, 2.24) is 15.2 Å². The van der Waals surface area contributed by atoms with Crippen LogP contribution in [0.3, 0.4) is 0 Å². The lowest BCUT2D eigenvalue weighted by Gasteiger charge is -2.24. The third-order valence-corrected chi connectivity index (χ3v) is 4.02. The summed E-state index contributed by atoms with van der Waals surface area (Å²) in [5.41, 5.74) is 2.72. The van der Waals surface area contributed by atoms with Gasteiger partial charge in [-0.2, -0.15) is 0 Å². The molecule has 2 heterocycles. The van der Waals surface area contributed by atoms with Gasteiger partial charge in [-0.1, -0.05) is 36.4 Å². The minimum absolute atomic E-state index is 0.534. The number of aromatic nitrogens is 1. The van der Waals surface area contributed by atoms with Gasteiger partial charge in [0.05, 0.1) is 0 Å². The lowest BCUT2D eigenvalue weighted by molar-refractivity contribution is 0.258. The molecule has 1 atom stereocenters. The topological polar surface area (TPSA) is 28.2 Å². The zero-order valence-corrected chi connectivity index (χ0v) is 12.4. The molecule has 0 spiro atoms. The fraction of sp³-hybridized carbons (Fsp3) is 0.389. The van der Waals surface area contributed by atoms with Crippen LogP contribution < -0.4 is 5.32 Å². The highest BCUT2D eigenvalue weighted by Gasteiger charge is 2.18. The van der Waals surface area contributed by atoms with Crippen LogP contribution in [-0.2, 0) is 13.0 Å². The van der Waals surface area contributed by atoms with Gasteiger partial charge in [-0.05, 0) is 43.1 Å². The molecular formula is C18H23N3. The van der Waals surface area contributed by atoms with E-state index in [1.54, 1.807) is 0 Å². The summed E-state index contributed by atoms with van der Waals surface area (Å²) in [4.78, 5) is 6.76. The minimum atomic E-state index is 0.534. The maximum Gasteiger partial charge on any atom is 0.0312 e. The maximum absolute atomic E-state index is 4.22. The van der Waals surface area contributed by atoms with Crippen LogP contribution in [0.5, 0.6) is 0 Å². The summed E-state index contributed by atoms with van der Waals surface area (Å²) in [7, 11) is 0. The molecule has 1 aromatic heterocycles. The van der Waals surface area contributed by atoms with Gasteiger partial charge in [-0.3, -0.25) is 9.88 Å². The van der Waals surface area contributed by atoms with Crippen LogP contribution in [0.4, 0.5) is 0 Å². The van der Waals surface area contributed by atoms with Crippen LogP contribution in [0.15, 0.2) is 54.9 Å². The Hall–Kier alpha value is -1.71. The minimum Gasteiger partial charge on any atom is -0.312 e. The van der Waals surface area contributed by atoms with E-state index in [2.05, 4.69) is 51.6 Å². The van der Waals surface area contributed by atoms with E-state index in [1.807, 2.05) is 18.5 Å². The van der Waals surface area contributed by atoms with E-state index in [-0.39, 0.29) is 0 Å². The first-order chi connectivity index (χ1) is 10.4. The van der Waals surface area contributed by atoms with E-state index in [0.29, 0.717) is 6.04 Å². The average Bonchev–Trinajstić information content (AvgIpc) is 2.74. The second kappa shape index (κ2) is 7.34. The van der Waals surface area contributed by atoms with Crippen molar-refractivity contribution in [2.75, 3.05) is 19.6 Å². The van der Waals surface area contributed by atoms with E-state index in [9.17, 15) is 0 Å².